The Morgan fingerprint density at radius 2 is 2.06 bits per heavy atom. The summed E-state index contributed by atoms with van der Waals surface area (Å²) < 4.78 is 5.54. The van der Waals surface area contributed by atoms with E-state index < -0.39 is 0 Å². The average molecular weight is 238 g/mol. The normalized spacial score (nSPS) is 10.3. The molecule has 0 radical (unpaired) electrons. The smallest absolute Gasteiger partial charge is 0.276 e. The lowest BCUT2D eigenvalue weighted by molar-refractivity contribution is -0.385. The Morgan fingerprint density at radius 3 is 2.65 bits per heavy atom. The number of hydrogen-bond donors (Lipinski definition) is 1. The van der Waals surface area contributed by atoms with Gasteiger partial charge in [-0.3, -0.25) is 10.1 Å². The first-order valence-corrected chi connectivity index (χ1v) is 5.59. The van der Waals surface area contributed by atoms with Crippen LogP contribution < -0.4 is 10.1 Å². The van der Waals surface area contributed by atoms with Gasteiger partial charge in [0.05, 0.1) is 17.6 Å². The Hall–Kier alpha value is -1.62. The second-order valence-electron chi connectivity index (χ2n) is 3.97. The van der Waals surface area contributed by atoms with Crippen molar-refractivity contribution in [2.75, 3.05) is 20.2 Å². The Kier molecular flexibility index (Phi) is 4.90. The lowest BCUT2D eigenvalue weighted by Crippen LogP contribution is -2.12. The predicted molar refractivity (Wildman–Crippen MR) is 66.6 cm³/mol. The van der Waals surface area contributed by atoms with Crippen LogP contribution in [0.4, 0.5) is 5.69 Å². The van der Waals surface area contributed by atoms with Gasteiger partial charge in [0.25, 0.3) is 5.69 Å². The standard InChI is InChI=1S/C12H18N2O3/c1-9-7-10(2)12(8-11(9)14(15)16)17-6-4-5-13-3/h7-8,13H,4-6H2,1-3H3. The number of nitrogens with one attached hydrogen (secondary N) is 1. The van der Waals surface area contributed by atoms with E-state index in [4.69, 9.17) is 4.74 Å². The van der Waals surface area contributed by atoms with Crippen LogP contribution in [0, 0.1) is 24.0 Å². The van der Waals surface area contributed by atoms with Crippen LogP contribution in [0.15, 0.2) is 12.1 Å². The van der Waals surface area contributed by atoms with Crippen LogP contribution in [-0.2, 0) is 0 Å². The molecule has 1 aromatic rings. The van der Waals surface area contributed by atoms with Crippen LogP contribution in [0.3, 0.4) is 0 Å². The molecule has 1 aromatic carbocycles. The number of nitro benzene ring substituents is 1. The fraction of sp³-hybridized carbons (Fsp3) is 0.500. The molecule has 0 fully saturated rings. The quantitative estimate of drug-likeness (QED) is 0.469. The summed E-state index contributed by atoms with van der Waals surface area (Å²) in [5.74, 6) is 0.596. The minimum absolute atomic E-state index is 0.110. The van der Waals surface area contributed by atoms with Crippen LogP contribution in [0.1, 0.15) is 17.5 Å². The molecule has 5 heteroatoms. The maximum atomic E-state index is 10.8. The highest BCUT2D eigenvalue weighted by Crippen LogP contribution is 2.27. The van der Waals surface area contributed by atoms with Crippen molar-refractivity contribution in [3.8, 4) is 5.75 Å². The molecule has 0 atom stereocenters. The van der Waals surface area contributed by atoms with Crippen molar-refractivity contribution < 1.29 is 9.66 Å². The Balaban J connectivity index is 2.77. The summed E-state index contributed by atoms with van der Waals surface area (Å²) in [4.78, 5) is 10.4. The third-order valence-corrected chi connectivity index (χ3v) is 2.52. The van der Waals surface area contributed by atoms with E-state index >= 15 is 0 Å². The number of nitro groups is 1. The van der Waals surface area contributed by atoms with Gasteiger partial charge in [-0.15, -0.1) is 0 Å². The van der Waals surface area contributed by atoms with Gasteiger partial charge < -0.3 is 10.1 Å². The molecule has 0 aliphatic heterocycles. The molecule has 0 bridgehead atoms. The minimum Gasteiger partial charge on any atom is -0.493 e. The first-order chi connectivity index (χ1) is 8.06. The lowest BCUT2D eigenvalue weighted by Gasteiger charge is -2.10. The highest BCUT2D eigenvalue weighted by molar-refractivity contribution is 5.49. The van der Waals surface area contributed by atoms with Crippen molar-refractivity contribution in [1.82, 2.24) is 5.32 Å². The molecule has 0 aliphatic carbocycles. The molecule has 17 heavy (non-hydrogen) atoms. The highest BCUT2D eigenvalue weighted by Gasteiger charge is 2.14. The predicted octanol–water partition coefficient (Wildman–Crippen LogP) is 2.20. The number of aryl methyl sites for hydroxylation is 2. The summed E-state index contributed by atoms with van der Waals surface area (Å²) in [7, 11) is 1.88. The number of nitrogens with zero attached hydrogens (tertiary/aromatic N) is 1. The van der Waals surface area contributed by atoms with Gasteiger partial charge in [0.2, 0.25) is 0 Å². The summed E-state index contributed by atoms with van der Waals surface area (Å²) in [6, 6.07) is 3.29. The molecule has 94 valence electrons. The zero-order chi connectivity index (χ0) is 12.8. The van der Waals surface area contributed by atoms with E-state index in [0.717, 1.165) is 18.5 Å². The highest BCUT2D eigenvalue weighted by atomic mass is 16.6. The van der Waals surface area contributed by atoms with Crippen molar-refractivity contribution >= 4 is 5.69 Å². The van der Waals surface area contributed by atoms with E-state index in [1.165, 1.54) is 6.07 Å². The molecule has 0 spiro atoms. The van der Waals surface area contributed by atoms with Gasteiger partial charge in [0, 0.05) is 5.56 Å². The molecule has 1 rings (SSSR count). The van der Waals surface area contributed by atoms with E-state index in [1.54, 1.807) is 13.0 Å². The van der Waals surface area contributed by atoms with Gasteiger partial charge >= 0.3 is 0 Å². The molecular formula is C12H18N2O3. The topological polar surface area (TPSA) is 64.4 Å². The van der Waals surface area contributed by atoms with E-state index in [1.807, 2.05) is 14.0 Å². The number of rotatable bonds is 6. The molecule has 0 unspecified atom stereocenters. The average Bonchev–Trinajstić information content (AvgIpc) is 2.26. The van der Waals surface area contributed by atoms with Gasteiger partial charge in [-0.1, -0.05) is 0 Å². The fourth-order valence-corrected chi connectivity index (χ4v) is 1.60. The molecule has 0 aliphatic rings. The largest absolute Gasteiger partial charge is 0.493 e. The summed E-state index contributed by atoms with van der Waals surface area (Å²) in [6.07, 6.45) is 0.873. The first kappa shape index (κ1) is 13.4. The summed E-state index contributed by atoms with van der Waals surface area (Å²) in [5.41, 5.74) is 1.70. The van der Waals surface area contributed by atoms with E-state index in [0.29, 0.717) is 17.9 Å². The number of benzene rings is 1. The Bertz CT molecular complexity index is 405. The maximum Gasteiger partial charge on any atom is 0.276 e. The van der Waals surface area contributed by atoms with Gasteiger partial charge in [-0.05, 0) is 45.5 Å². The monoisotopic (exact) mass is 238 g/mol. The van der Waals surface area contributed by atoms with Crippen LogP contribution in [-0.4, -0.2) is 25.1 Å². The number of hydrogen-bond acceptors (Lipinski definition) is 4. The molecule has 1 N–H and O–H groups in total. The summed E-state index contributed by atoms with van der Waals surface area (Å²) in [6.45, 7) is 5.05. The molecule has 5 nitrogen and oxygen atoms in total. The van der Waals surface area contributed by atoms with Crippen molar-refractivity contribution in [3.63, 3.8) is 0 Å². The van der Waals surface area contributed by atoms with Gasteiger partial charge in [0.15, 0.2) is 0 Å². The maximum absolute atomic E-state index is 10.8. The fourth-order valence-electron chi connectivity index (χ4n) is 1.60. The number of ether oxygens (including phenoxy) is 1. The lowest BCUT2D eigenvalue weighted by atomic mass is 10.1. The van der Waals surface area contributed by atoms with Crippen LogP contribution >= 0.6 is 0 Å². The Morgan fingerprint density at radius 1 is 1.35 bits per heavy atom. The summed E-state index contributed by atoms with van der Waals surface area (Å²) in [5, 5.41) is 13.8. The van der Waals surface area contributed by atoms with Crippen LogP contribution in [0.2, 0.25) is 0 Å². The van der Waals surface area contributed by atoms with Gasteiger partial charge in [-0.25, -0.2) is 0 Å². The van der Waals surface area contributed by atoms with Crippen LogP contribution in [0.25, 0.3) is 0 Å². The van der Waals surface area contributed by atoms with Crippen molar-refractivity contribution in [3.05, 3.63) is 33.4 Å². The molecular weight excluding hydrogens is 220 g/mol. The molecule has 0 aromatic heterocycles. The summed E-state index contributed by atoms with van der Waals surface area (Å²) >= 11 is 0. The van der Waals surface area contributed by atoms with E-state index in [2.05, 4.69) is 5.32 Å². The van der Waals surface area contributed by atoms with Gasteiger partial charge in [0.1, 0.15) is 5.75 Å². The van der Waals surface area contributed by atoms with Crippen molar-refractivity contribution in [2.45, 2.75) is 20.3 Å². The second-order valence-corrected chi connectivity index (χ2v) is 3.97. The van der Waals surface area contributed by atoms with E-state index in [9.17, 15) is 10.1 Å². The molecule has 0 saturated carbocycles. The SMILES string of the molecule is CNCCCOc1cc([N+](=O)[O-])c(C)cc1C. The van der Waals surface area contributed by atoms with Crippen molar-refractivity contribution in [2.24, 2.45) is 0 Å². The second kappa shape index (κ2) is 6.20. The van der Waals surface area contributed by atoms with Crippen LogP contribution in [0.5, 0.6) is 5.75 Å². The zero-order valence-corrected chi connectivity index (χ0v) is 10.4. The third kappa shape index (κ3) is 3.71. The van der Waals surface area contributed by atoms with Gasteiger partial charge in [-0.2, -0.15) is 0 Å². The van der Waals surface area contributed by atoms with Crippen molar-refractivity contribution in [1.29, 1.82) is 0 Å². The molecule has 0 amide bonds. The minimum atomic E-state index is -0.380. The third-order valence-electron chi connectivity index (χ3n) is 2.52. The molecule has 0 heterocycles. The first-order valence-electron chi connectivity index (χ1n) is 5.59. The van der Waals surface area contributed by atoms with E-state index in [-0.39, 0.29) is 10.6 Å². The molecule has 0 saturated heterocycles. The zero-order valence-electron chi connectivity index (χ0n) is 10.4. The Labute approximate surface area is 101 Å².